The minimum absolute atomic E-state index is 0.00144. The van der Waals surface area contributed by atoms with Crippen LogP contribution in [0.5, 0.6) is 0 Å². The van der Waals surface area contributed by atoms with Crippen molar-refractivity contribution in [1.29, 1.82) is 0 Å². The van der Waals surface area contributed by atoms with Gasteiger partial charge in [-0.2, -0.15) is 0 Å². The topological polar surface area (TPSA) is 98.3 Å². The van der Waals surface area contributed by atoms with Crippen molar-refractivity contribution in [1.82, 2.24) is 5.32 Å². The Balaban J connectivity index is 3.04. The van der Waals surface area contributed by atoms with Gasteiger partial charge in [0, 0.05) is 18.3 Å². The molecule has 0 aliphatic heterocycles. The molecule has 0 saturated heterocycles. The van der Waals surface area contributed by atoms with Crippen molar-refractivity contribution in [2.75, 3.05) is 12.3 Å². The molecule has 0 aromatic heterocycles. The lowest BCUT2D eigenvalue weighted by Crippen LogP contribution is -2.24. The summed E-state index contributed by atoms with van der Waals surface area (Å²) in [6.45, 7) is 2.37. The lowest BCUT2D eigenvalue weighted by atomic mass is 10.1. The number of hydrogen-bond donors (Lipinski definition) is 2. The van der Waals surface area contributed by atoms with E-state index in [9.17, 15) is 14.9 Å². The van der Waals surface area contributed by atoms with Gasteiger partial charge in [0.1, 0.15) is 5.56 Å². The van der Waals surface area contributed by atoms with Crippen molar-refractivity contribution < 1.29 is 9.72 Å². The first-order chi connectivity index (χ1) is 7.56. The number of nitrogen functional groups attached to an aromatic ring is 1. The summed E-state index contributed by atoms with van der Waals surface area (Å²) >= 11 is 0. The molecule has 0 fully saturated rings. The number of benzene rings is 1. The molecular formula is C10H13N3O3. The lowest BCUT2D eigenvalue weighted by Gasteiger charge is -2.05. The molecule has 0 spiro atoms. The van der Waals surface area contributed by atoms with Crippen LogP contribution in [0, 0.1) is 10.1 Å². The largest absolute Gasteiger partial charge is 0.399 e. The Hall–Kier alpha value is -2.11. The second-order valence-electron chi connectivity index (χ2n) is 3.29. The van der Waals surface area contributed by atoms with E-state index >= 15 is 0 Å². The third-order valence-corrected chi connectivity index (χ3v) is 2.00. The Labute approximate surface area is 92.6 Å². The Bertz CT molecular complexity index is 418. The van der Waals surface area contributed by atoms with Gasteiger partial charge in [-0.25, -0.2) is 0 Å². The number of nitrogens with two attached hydrogens (primary N) is 1. The van der Waals surface area contributed by atoms with Crippen molar-refractivity contribution in [3.63, 3.8) is 0 Å². The van der Waals surface area contributed by atoms with Crippen molar-refractivity contribution in [3.05, 3.63) is 33.9 Å². The zero-order chi connectivity index (χ0) is 12.1. The van der Waals surface area contributed by atoms with Crippen molar-refractivity contribution in [2.45, 2.75) is 13.3 Å². The first kappa shape index (κ1) is 12.0. The van der Waals surface area contributed by atoms with Gasteiger partial charge in [-0.1, -0.05) is 6.92 Å². The number of carbonyl (C=O) groups excluding carboxylic acids is 1. The molecule has 1 rings (SSSR count). The smallest absolute Gasteiger partial charge is 0.282 e. The highest BCUT2D eigenvalue weighted by atomic mass is 16.6. The van der Waals surface area contributed by atoms with E-state index in [4.69, 9.17) is 5.73 Å². The van der Waals surface area contributed by atoms with Crippen molar-refractivity contribution >= 4 is 17.3 Å². The summed E-state index contributed by atoms with van der Waals surface area (Å²) in [5, 5.41) is 13.3. The van der Waals surface area contributed by atoms with Crippen LogP contribution in [0.3, 0.4) is 0 Å². The molecule has 1 aromatic rings. The molecule has 0 aliphatic rings. The third kappa shape index (κ3) is 2.69. The second kappa shape index (κ2) is 5.11. The van der Waals surface area contributed by atoms with Crippen LogP contribution in [-0.4, -0.2) is 17.4 Å². The molecule has 1 aromatic carbocycles. The fourth-order valence-corrected chi connectivity index (χ4v) is 1.23. The van der Waals surface area contributed by atoms with Crippen LogP contribution in [0.4, 0.5) is 11.4 Å². The van der Waals surface area contributed by atoms with E-state index in [2.05, 4.69) is 5.32 Å². The fourth-order valence-electron chi connectivity index (χ4n) is 1.23. The van der Waals surface area contributed by atoms with Crippen LogP contribution in [0.15, 0.2) is 18.2 Å². The summed E-state index contributed by atoms with van der Waals surface area (Å²) in [6.07, 6.45) is 0.766. The molecule has 1 amide bonds. The van der Waals surface area contributed by atoms with Crippen LogP contribution in [0.1, 0.15) is 23.7 Å². The highest BCUT2D eigenvalue weighted by Gasteiger charge is 2.19. The standard InChI is InChI=1S/C10H13N3O3/c1-2-5-12-10(14)8-6-7(11)3-4-9(8)13(15)16/h3-4,6H,2,5,11H2,1H3,(H,12,14). The molecule has 0 bridgehead atoms. The van der Waals surface area contributed by atoms with Gasteiger partial charge in [0.2, 0.25) is 0 Å². The molecule has 0 unspecified atom stereocenters. The number of nitrogens with one attached hydrogen (secondary N) is 1. The van der Waals surface area contributed by atoms with E-state index in [1.54, 1.807) is 0 Å². The van der Waals surface area contributed by atoms with Gasteiger partial charge in [-0.15, -0.1) is 0 Å². The molecule has 6 nitrogen and oxygen atoms in total. The summed E-state index contributed by atoms with van der Waals surface area (Å²) in [4.78, 5) is 21.7. The van der Waals surface area contributed by atoms with Gasteiger partial charge < -0.3 is 11.1 Å². The SMILES string of the molecule is CCCNC(=O)c1cc(N)ccc1[N+](=O)[O-]. The maximum absolute atomic E-state index is 11.6. The van der Waals surface area contributed by atoms with Crippen LogP contribution in [0.2, 0.25) is 0 Å². The maximum atomic E-state index is 11.6. The summed E-state index contributed by atoms with van der Waals surface area (Å²) in [5.74, 6) is -0.471. The van der Waals surface area contributed by atoms with Gasteiger partial charge in [0.15, 0.2) is 0 Å². The number of carbonyl (C=O) groups is 1. The number of anilines is 1. The van der Waals surface area contributed by atoms with Gasteiger partial charge in [0.05, 0.1) is 4.92 Å². The predicted molar refractivity (Wildman–Crippen MR) is 60.1 cm³/mol. The number of amides is 1. The number of rotatable bonds is 4. The summed E-state index contributed by atoms with van der Waals surface area (Å²) < 4.78 is 0. The van der Waals surface area contributed by atoms with Gasteiger partial charge in [0.25, 0.3) is 11.6 Å². The average molecular weight is 223 g/mol. The highest BCUT2D eigenvalue weighted by molar-refractivity contribution is 5.99. The quantitative estimate of drug-likeness (QED) is 0.456. The van der Waals surface area contributed by atoms with E-state index in [0.717, 1.165) is 6.42 Å². The monoisotopic (exact) mass is 223 g/mol. The summed E-state index contributed by atoms with van der Waals surface area (Å²) in [5.41, 5.74) is 5.58. The van der Waals surface area contributed by atoms with E-state index < -0.39 is 10.8 Å². The molecule has 0 aliphatic carbocycles. The zero-order valence-corrected chi connectivity index (χ0v) is 8.90. The molecular weight excluding hydrogens is 210 g/mol. The molecule has 0 saturated carbocycles. The Kier molecular flexibility index (Phi) is 3.82. The molecule has 0 heterocycles. The van der Waals surface area contributed by atoms with E-state index in [1.165, 1.54) is 18.2 Å². The molecule has 0 radical (unpaired) electrons. The Morgan fingerprint density at radius 3 is 2.81 bits per heavy atom. The van der Waals surface area contributed by atoms with E-state index in [1.807, 2.05) is 6.92 Å². The Morgan fingerprint density at radius 2 is 2.25 bits per heavy atom. The normalized spacial score (nSPS) is 9.81. The highest BCUT2D eigenvalue weighted by Crippen LogP contribution is 2.20. The molecule has 3 N–H and O–H groups in total. The van der Waals surface area contributed by atoms with E-state index in [0.29, 0.717) is 12.2 Å². The zero-order valence-electron chi connectivity index (χ0n) is 8.90. The van der Waals surface area contributed by atoms with Crippen LogP contribution < -0.4 is 11.1 Å². The predicted octanol–water partition coefficient (Wildman–Crippen LogP) is 1.32. The number of nitro benzene ring substituents is 1. The van der Waals surface area contributed by atoms with Crippen LogP contribution in [-0.2, 0) is 0 Å². The third-order valence-electron chi connectivity index (χ3n) is 2.00. The average Bonchev–Trinajstić information content (AvgIpc) is 2.25. The fraction of sp³-hybridized carbons (Fsp3) is 0.300. The lowest BCUT2D eigenvalue weighted by molar-refractivity contribution is -0.385. The number of nitrogens with zero attached hydrogens (tertiary/aromatic N) is 1. The minimum Gasteiger partial charge on any atom is -0.399 e. The first-order valence-corrected chi connectivity index (χ1v) is 4.88. The number of hydrogen-bond acceptors (Lipinski definition) is 4. The van der Waals surface area contributed by atoms with Crippen LogP contribution in [0.25, 0.3) is 0 Å². The maximum Gasteiger partial charge on any atom is 0.282 e. The molecule has 86 valence electrons. The van der Waals surface area contributed by atoms with Crippen LogP contribution >= 0.6 is 0 Å². The van der Waals surface area contributed by atoms with Gasteiger partial charge in [-0.3, -0.25) is 14.9 Å². The van der Waals surface area contributed by atoms with Crippen molar-refractivity contribution in [2.24, 2.45) is 0 Å². The summed E-state index contributed by atoms with van der Waals surface area (Å²) in [6, 6.07) is 3.94. The van der Waals surface area contributed by atoms with E-state index in [-0.39, 0.29) is 11.3 Å². The van der Waals surface area contributed by atoms with Gasteiger partial charge >= 0.3 is 0 Å². The first-order valence-electron chi connectivity index (χ1n) is 4.88. The Morgan fingerprint density at radius 1 is 1.56 bits per heavy atom. The number of nitro groups is 1. The molecule has 0 atom stereocenters. The molecule has 16 heavy (non-hydrogen) atoms. The molecule has 6 heteroatoms. The summed E-state index contributed by atoms with van der Waals surface area (Å²) in [7, 11) is 0. The second-order valence-corrected chi connectivity index (χ2v) is 3.29. The van der Waals surface area contributed by atoms with Crippen molar-refractivity contribution in [3.8, 4) is 0 Å². The van der Waals surface area contributed by atoms with Gasteiger partial charge in [-0.05, 0) is 18.6 Å². The minimum atomic E-state index is -0.597.